The van der Waals surface area contributed by atoms with Crippen molar-refractivity contribution in [2.75, 3.05) is 17.7 Å². The molecule has 0 fully saturated rings. The van der Waals surface area contributed by atoms with Gasteiger partial charge >= 0.3 is 5.97 Å². The van der Waals surface area contributed by atoms with Gasteiger partial charge in [0, 0.05) is 15.6 Å². The van der Waals surface area contributed by atoms with Gasteiger partial charge in [0.1, 0.15) is 5.78 Å². The van der Waals surface area contributed by atoms with Crippen LogP contribution in [0.25, 0.3) is 0 Å². The van der Waals surface area contributed by atoms with Gasteiger partial charge in [-0.2, -0.15) is 0 Å². The minimum absolute atomic E-state index is 0.00874. The third-order valence-corrected chi connectivity index (χ3v) is 5.04. The number of anilines is 1. The highest BCUT2D eigenvalue weighted by Crippen LogP contribution is 2.24. The molecule has 1 N–H and O–H groups in total. The number of hydrogen-bond acceptors (Lipinski definition) is 5. The lowest BCUT2D eigenvalue weighted by Gasteiger charge is -2.11. The molecule has 0 aliphatic heterocycles. The van der Waals surface area contributed by atoms with Crippen LogP contribution in [0.1, 0.15) is 22.8 Å². The van der Waals surface area contributed by atoms with Crippen molar-refractivity contribution in [1.82, 2.24) is 0 Å². The van der Waals surface area contributed by atoms with Crippen molar-refractivity contribution in [3.05, 3.63) is 58.6 Å². The molecule has 0 saturated carbocycles. The number of benzene rings is 2. The maximum absolute atomic E-state index is 12.3. The van der Waals surface area contributed by atoms with Gasteiger partial charge in [0.05, 0.1) is 11.3 Å². The van der Waals surface area contributed by atoms with Gasteiger partial charge in [-0.15, -0.1) is 11.8 Å². The molecule has 0 spiro atoms. The lowest BCUT2D eigenvalue weighted by Crippen LogP contribution is -2.21. The monoisotopic (exact) mass is 391 g/mol. The van der Waals surface area contributed by atoms with Gasteiger partial charge in [-0.1, -0.05) is 29.8 Å². The highest BCUT2D eigenvalue weighted by Gasteiger charge is 2.15. The SMILES string of the molecule is CC(=O)CSc1ccccc1C(=O)OCC(=O)Nc1cccc(Cl)c1C. The average Bonchev–Trinajstić information content (AvgIpc) is 2.62. The zero-order valence-electron chi connectivity index (χ0n) is 14.4. The number of nitrogens with one attached hydrogen (secondary N) is 1. The van der Waals surface area contributed by atoms with E-state index in [9.17, 15) is 14.4 Å². The van der Waals surface area contributed by atoms with E-state index >= 15 is 0 Å². The summed E-state index contributed by atoms with van der Waals surface area (Å²) in [5, 5.41) is 3.20. The quantitative estimate of drug-likeness (QED) is 0.567. The normalized spacial score (nSPS) is 10.3. The van der Waals surface area contributed by atoms with Gasteiger partial charge in [0.25, 0.3) is 5.91 Å². The summed E-state index contributed by atoms with van der Waals surface area (Å²) in [6.45, 7) is 2.85. The van der Waals surface area contributed by atoms with Crippen molar-refractivity contribution in [2.45, 2.75) is 18.7 Å². The predicted molar refractivity (Wildman–Crippen MR) is 103 cm³/mol. The molecule has 0 heterocycles. The third-order valence-electron chi connectivity index (χ3n) is 3.41. The number of ketones is 1. The van der Waals surface area contributed by atoms with Gasteiger partial charge in [-0.25, -0.2) is 4.79 Å². The standard InChI is InChI=1S/C19H18ClNO4S/c1-12(22)11-26-17-9-4-3-6-14(17)19(24)25-10-18(23)21-16-8-5-7-15(20)13(16)2/h3-9H,10-11H2,1-2H3,(H,21,23). The first kappa shape index (κ1) is 20.0. The van der Waals surface area contributed by atoms with Crippen molar-refractivity contribution in [2.24, 2.45) is 0 Å². The zero-order chi connectivity index (χ0) is 19.1. The molecule has 5 nitrogen and oxygen atoms in total. The molecule has 0 saturated heterocycles. The van der Waals surface area contributed by atoms with Crippen LogP contribution in [0.2, 0.25) is 5.02 Å². The molecule has 2 aromatic carbocycles. The molecular formula is C19H18ClNO4S. The molecule has 0 aliphatic carbocycles. The largest absolute Gasteiger partial charge is 0.452 e. The maximum atomic E-state index is 12.3. The molecule has 0 unspecified atom stereocenters. The second-order valence-corrected chi connectivity index (χ2v) is 6.95. The predicted octanol–water partition coefficient (Wildman–Crippen LogP) is 4.13. The summed E-state index contributed by atoms with van der Waals surface area (Å²) in [5.74, 6) is -0.805. The van der Waals surface area contributed by atoms with Crippen LogP contribution >= 0.6 is 23.4 Å². The van der Waals surface area contributed by atoms with Crippen LogP contribution < -0.4 is 5.32 Å². The molecule has 0 radical (unpaired) electrons. The Balaban J connectivity index is 1.97. The number of rotatable bonds is 7. The Hall–Kier alpha value is -2.31. The fourth-order valence-corrected chi connectivity index (χ4v) is 3.09. The Morgan fingerprint density at radius 2 is 1.85 bits per heavy atom. The molecule has 2 aromatic rings. The van der Waals surface area contributed by atoms with E-state index in [1.54, 1.807) is 49.4 Å². The fourth-order valence-electron chi connectivity index (χ4n) is 2.08. The number of amides is 1. The minimum atomic E-state index is -0.616. The minimum Gasteiger partial charge on any atom is -0.452 e. The summed E-state index contributed by atoms with van der Waals surface area (Å²) >= 11 is 7.27. The second kappa shape index (κ2) is 9.40. The summed E-state index contributed by atoms with van der Waals surface area (Å²) in [4.78, 5) is 36.1. The number of ether oxygens (including phenoxy) is 1. The summed E-state index contributed by atoms with van der Waals surface area (Å²) in [6.07, 6.45) is 0. The van der Waals surface area contributed by atoms with Crippen molar-refractivity contribution < 1.29 is 19.1 Å². The van der Waals surface area contributed by atoms with Gasteiger partial charge in [0.2, 0.25) is 0 Å². The molecule has 26 heavy (non-hydrogen) atoms. The van der Waals surface area contributed by atoms with E-state index in [4.69, 9.17) is 16.3 Å². The van der Waals surface area contributed by atoms with Gasteiger partial charge in [-0.3, -0.25) is 9.59 Å². The van der Waals surface area contributed by atoms with Crippen molar-refractivity contribution in [1.29, 1.82) is 0 Å². The second-order valence-electron chi connectivity index (χ2n) is 5.52. The highest BCUT2D eigenvalue weighted by atomic mass is 35.5. The fraction of sp³-hybridized carbons (Fsp3) is 0.211. The Morgan fingerprint density at radius 1 is 1.12 bits per heavy atom. The Morgan fingerprint density at radius 3 is 2.58 bits per heavy atom. The topological polar surface area (TPSA) is 72.5 Å². The molecular weight excluding hydrogens is 374 g/mol. The van der Waals surface area contributed by atoms with Crippen LogP contribution in [-0.2, 0) is 14.3 Å². The van der Waals surface area contributed by atoms with E-state index in [0.717, 1.165) is 5.56 Å². The van der Waals surface area contributed by atoms with Crippen LogP contribution in [0.3, 0.4) is 0 Å². The Bertz CT molecular complexity index is 838. The molecule has 0 aliphatic rings. The van der Waals surface area contributed by atoms with E-state index < -0.39 is 18.5 Å². The first-order valence-electron chi connectivity index (χ1n) is 7.82. The summed E-state index contributed by atoms with van der Waals surface area (Å²) < 4.78 is 5.10. The summed E-state index contributed by atoms with van der Waals surface area (Å²) in [7, 11) is 0. The Kier molecular flexibility index (Phi) is 7.24. The molecule has 1 amide bonds. The average molecular weight is 392 g/mol. The number of hydrogen-bond donors (Lipinski definition) is 1. The molecule has 7 heteroatoms. The summed E-state index contributed by atoms with van der Waals surface area (Å²) in [5.41, 5.74) is 1.63. The van der Waals surface area contributed by atoms with Crippen molar-refractivity contribution in [3.63, 3.8) is 0 Å². The number of thioether (sulfide) groups is 1. The third kappa shape index (κ3) is 5.61. The van der Waals surface area contributed by atoms with Gasteiger partial charge < -0.3 is 10.1 Å². The van der Waals surface area contributed by atoms with Crippen LogP contribution in [-0.4, -0.2) is 30.0 Å². The maximum Gasteiger partial charge on any atom is 0.339 e. The molecule has 0 atom stereocenters. The number of halogens is 1. The van der Waals surface area contributed by atoms with Crippen molar-refractivity contribution >= 4 is 46.7 Å². The Labute approximate surface area is 161 Å². The first-order valence-corrected chi connectivity index (χ1v) is 9.18. The summed E-state index contributed by atoms with van der Waals surface area (Å²) in [6, 6.07) is 12.0. The number of Topliss-reactive ketones (excluding diaryl/α,β-unsaturated/α-hetero) is 1. The van der Waals surface area contributed by atoms with Crippen LogP contribution in [0, 0.1) is 6.92 Å². The number of carbonyl (C=O) groups excluding carboxylic acids is 3. The van der Waals surface area contributed by atoms with E-state index in [1.807, 2.05) is 0 Å². The van der Waals surface area contributed by atoms with Crippen LogP contribution in [0.15, 0.2) is 47.4 Å². The van der Waals surface area contributed by atoms with E-state index in [2.05, 4.69) is 5.32 Å². The lowest BCUT2D eigenvalue weighted by atomic mass is 10.2. The number of esters is 1. The smallest absolute Gasteiger partial charge is 0.339 e. The van der Waals surface area contributed by atoms with Gasteiger partial charge in [0.15, 0.2) is 6.61 Å². The van der Waals surface area contributed by atoms with Gasteiger partial charge in [-0.05, 0) is 43.7 Å². The molecule has 2 rings (SSSR count). The number of carbonyl (C=O) groups is 3. The van der Waals surface area contributed by atoms with Crippen molar-refractivity contribution in [3.8, 4) is 0 Å². The lowest BCUT2D eigenvalue weighted by molar-refractivity contribution is -0.119. The molecule has 0 aromatic heterocycles. The van der Waals surface area contributed by atoms with Crippen LogP contribution in [0.4, 0.5) is 5.69 Å². The highest BCUT2D eigenvalue weighted by molar-refractivity contribution is 8.00. The van der Waals surface area contributed by atoms with Crippen LogP contribution in [0.5, 0.6) is 0 Å². The van der Waals surface area contributed by atoms with E-state index in [1.165, 1.54) is 18.7 Å². The molecule has 136 valence electrons. The zero-order valence-corrected chi connectivity index (χ0v) is 15.9. The molecule has 0 bridgehead atoms. The first-order chi connectivity index (χ1) is 12.4. The van der Waals surface area contributed by atoms with E-state index in [-0.39, 0.29) is 11.5 Å². The van der Waals surface area contributed by atoms with E-state index in [0.29, 0.717) is 21.2 Å².